The van der Waals surface area contributed by atoms with Gasteiger partial charge in [-0.25, -0.2) is 0 Å². The molecule has 1 saturated heterocycles. The third-order valence-electron chi connectivity index (χ3n) is 3.57. The number of ether oxygens (including phenoxy) is 1. The minimum atomic E-state index is -0.469. The van der Waals surface area contributed by atoms with Gasteiger partial charge >= 0.3 is 0 Å². The molecule has 3 N–H and O–H groups in total. The van der Waals surface area contributed by atoms with Crippen LogP contribution >= 0.6 is 12.4 Å². The SMILES string of the molecule is Cl.O=C(Nc1cccc(NC(=O)C2CNCCO2)c1)C1CC1. The topological polar surface area (TPSA) is 79.5 Å². The van der Waals surface area contributed by atoms with Crippen molar-refractivity contribution in [2.45, 2.75) is 18.9 Å². The summed E-state index contributed by atoms with van der Waals surface area (Å²) in [4.78, 5) is 23.8. The highest BCUT2D eigenvalue weighted by Gasteiger charge is 2.29. The van der Waals surface area contributed by atoms with E-state index in [9.17, 15) is 9.59 Å². The van der Waals surface area contributed by atoms with Crippen LogP contribution in [0.5, 0.6) is 0 Å². The Labute approximate surface area is 135 Å². The molecule has 1 aromatic carbocycles. The minimum Gasteiger partial charge on any atom is -0.366 e. The Bertz CT molecular complexity index is 543. The summed E-state index contributed by atoms with van der Waals surface area (Å²) in [6.45, 7) is 1.83. The first-order valence-electron chi connectivity index (χ1n) is 7.26. The standard InChI is InChI=1S/C15H19N3O3.ClH/c19-14(10-4-5-10)17-11-2-1-3-12(8-11)18-15(20)13-9-16-6-7-21-13;/h1-3,8,10,13,16H,4-7,9H2,(H,17,19)(H,18,20);1H. The Balaban J connectivity index is 0.00000176. The summed E-state index contributed by atoms with van der Waals surface area (Å²) in [6, 6.07) is 7.17. The van der Waals surface area contributed by atoms with Crippen LogP contribution in [0.3, 0.4) is 0 Å². The molecule has 120 valence electrons. The largest absolute Gasteiger partial charge is 0.366 e. The van der Waals surface area contributed by atoms with Crippen LogP contribution < -0.4 is 16.0 Å². The summed E-state index contributed by atoms with van der Waals surface area (Å²) in [5.41, 5.74) is 1.36. The Hall–Kier alpha value is -1.63. The monoisotopic (exact) mass is 325 g/mol. The van der Waals surface area contributed by atoms with Crippen molar-refractivity contribution >= 4 is 35.6 Å². The normalized spacial score (nSPS) is 20.6. The predicted octanol–water partition coefficient (Wildman–Crippen LogP) is 1.38. The van der Waals surface area contributed by atoms with Crippen molar-refractivity contribution < 1.29 is 14.3 Å². The van der Waals surface area contributed by atoms with E-state index in [4.69, 9.17) is 4.74 Å². The van der Waals surface area contributed by atoms with Gasteiger partial charge in [-0.2, -0.15) is 0 Å². The third-order valence-corrected chi connectivity index (χ3v) is 3.57. The Kier molecular flexibility index (Phi) is 5.76. The maximum atomic E-state index is 12.1. The van der Waals surface area contributed by atoms with E-state index >= 15 is 0 Å². The lowest BCUT2D eigenvalue weighted by molar-refractivity contribution is -0.128. The molecule has 2 fully saturated rings. The Morgan fingerprint density at radius 2 is 1.82 bits per heavy atom. The lowest BCUT2D eigenvalue weighted by Crippen LogP contribution is -2.45. The van der Waals surface area contributed by atoms with Gasteiger partial charge in [0.05, 0.1) is 6.61 Å². The smallest absolute Gasteiger partial charge is 0.254 e. The van der Waals surface area contributed by atoms with E-state index in [1.807, 2.05) is 6.07 Å². The van der Waals surface area contributed by atoms with Crippen molar-refractivity contribution in [3.8, 4) is 0 Å². The van der Waals surface area contributed by atoms with Gasteiger partial charge in [0.25, 0.3) is 5.91 Å². The fraction of sp³-hybridized carbons (Fsp3) is 0.467. The van der Waals surface area contributed by atoms with Crippen LogP contribution in [0, 0.1) is 5.92 Å². The maximum absolute atomic E-state index is 12.1. The Morgan fingerprint density at radius 3 is 2.41 bits per heavy atom. The zero-order valence-corrected chi connectivity index (χ0v) is 12.9. The van der Waals surface area contributed by atoms with Crippen LogP contribution in [-0.4, -0.2) is 37.6 Å². The van der Waals surface area contributed by atoms with Crippen LogP contribution in [0.2, 0.25) is 0 Å². The first kappa shape index (κ1) is 16.7. The minimum absolute atomic E-state index is 0. The maximum Gasteiger partial charge on any atom is 0.254 e. The number of anilines is 2. The number of hydrogen-bond acceptors (Lipinski definition) is 4. The average molecular weight is 326 g/mol. The van der Waals surface area contributed by atoms with E-state index in [1.165, 1.54) is 0 Å². The van der Waals surface area contributed by atoms with Gasteiger partial charge in [-0.15, -0.1) is 12.4 Å². The lowest BCUT2D eigenvalue weighted by atomic mass is 10.2. The first-order valence-corrected chi connectivity index (χ1v) is 7.26. The molecule has 7 heteroatoms. The van der Waals surface area contributed by atoms with Crippen LogP contribution in [-0.2, 0) is 14.3 Å². The molecule has 1 aromatic rings. The molecule has 1 heterocycles. The van der Waals surface area contributed by atoms with Crippen LogP contribution in [0.1, 0.15) is 12.8 Å². The highest BCUT2D eigenvalue weighted by molar-refractivity contribution is 5.97. The van der Waals surface area contributed by atoms with Gasteiger partial charge in [0.2, 0.25) is 5.91 Å². The number of rotatable bonds is 4. The number of carbonyl (C=O) groups excluding carboxylic acids is 2. The fourth-order valence-corrected chi connectivity index (χ4v) is 2.22. The summed E-state index contributed by atoms with van der Waals surface area (Å²) < 4.78 is 5.40. The number of morpholine rings is 1. The first-order chi connectivity index (χ1) is 10.2. The van der Waals surface area contributed by atoms with Crippen molar-refractivity contribution in [1.29, 1.82) is 0 Å². The molecule has 1 aliphatic carbocycles. The summed E-state index contributed by atoms with van der Waals surface area (Å²) >= 11 is 0. The molecular weight excluding hydrogens is 306 g/mol. The third kappa shape index (κ3) is 4.43. The van der Waals surface area contributed by atoms with Crippen LogP contribution in [0.4, 0.5) is 11.4 Å². The van der Waals surface area contributed by atoms with Crippen molar-refractivity contribution in [2.24, 2.45) is 5.92 Å². The molecule has 2 amide bonds. The number of halogens is 1. The van der Waals surface area contributed by atoms with Gasteiger partial charge in [0.15, 0.2) is 0 Å². The predicted molar refractivity (Wildman–Crippen MR) is 86.3 cm³/mol. The molecule has 22 heavy (non-hydrogen) atoms. The van der Waals surface area contributed by atoms with E-state index in [0.717, 1.165) is 19.4 Å². The van der Waals surface area contributed by atoms with Gasteiger partial charge in [0, 0.05) is 30.4 Å². The average Bonchev–Trinajstić information content (AvgIpc) is 3.33. The zero-order chi connectivity index (χ0) is 14.7. The van der Waals surface area contributed by atoms with E-state index < -0.39 is 6.10 Å². The molecule has 0 aromatic heterocycles. The second kappa shape index (κ2) is 7.58. The van der Waals surface area contributed by atoms with Crippen LogP contribution in [0.25, 0.3) is 0 Å². The van der Waals surface area contributed by atoms with Gasteiger partial charge in [-0.1, -0.05) is 6.07 Å². The molecular formula is C15H20ClN3O3. The van der Waals surface area contributed by atoms with Crippen molar-refractivity contribution in [3.05, 3.63) is 24.3 Å². The summed E-state index contributed by atoms with van der Waals surface area (Å²) in [7, 11) is 0. The van der Waals surface area contributed by atoms with Gasteiger partial charge in [-0.3, -0.25) is 9.59 Å². The number of hydrogen-bond donors (Lipinski definition) is 3. The number of benzene rings is 1. The van der Waals surface area contributed by atoms with E-state index in [1.54, 1.807) is 18.2 Å². The van der Waals surface area contributed by atoms with Gasteiger partial charge < -0.3 is 20.7 Å². The van der Waals surface area contributed by atoms with E-state index in [0.29, 0.717) is 24.5 Å². The van der Waals surface area contributed by atoms with Gasteiger partial charge in [-0.05, 0) is 31.0 Å². The van der Waals surface area contributed by atoms with E-state index in [-0.39, 0.29) is 30.1 Å². The highest BCUT2D eigenvalue weighted by atomic mass is 35.5. The highest BCUT2D eigenvalue weighted by Crippen LogP contribution is 2.30. The fourth-order valence-electron chi connectivity index (χ4n) is 2.22. The van der Waals surface area contributed by atoms with Crippen LogP contribution in [0.15, 0.2) is 24.3 Å². The summed E-state index contributed by atoms with van der Waals surface area (Å²) in [5.74, 6) is 0.0381. The molecule has 3 rings (SSSR count). The molecule has 1 aliphatic heterocycles. The van der Waals surface area contributed by atoms with Crippen molar-refractivity contribution in [2.75, 3.05) is 30.3 Å². The number of nitrogens with one attached hydrogen (secondary N) is 3. The number of carbonyl (C=O) groups is 2. The summed E-state index contributed by atoms with van der Waals surface area (Å²) in [5, 5.41) is 8.79. The molecule has 0 radical (unpaired) electrons. The molecule has 0 spiro atoms. The lowest BCUT2D eigenvalue weighted by Gasteiger charge is -2.22. The second-order valence-corrected chi connectivity index (χ2v) is 5.40. The molecule has 1 unspecified atom stereocenters. The molecule has 6 nitrogen and oxygen atoms in total. The zero-order valence-electron chi connectivity index (χ0n) is 12.1. The Morgan fingerprint density at radius 1 is 1.14 bits per heavy atom. The van der Waals surface area contributed by atoms with E-state index in [2.05, 4.69) is 16.0 Å². The molecule has 1 atom stereocenters. The molecule has 0 bridgehead atoms. The van der Waals surface area contributed by atoms with Crippen molar-refractivity contribution in [3.63, 3.8) is 0 Å². The van der Waals surface area contributed by atoms with Crippen molar-refractivity contribution in [1.82, 2.24) is 5.32 Å². The second-order valence-electron chi connectivity index (χ2n) is 5.40. The molecule has 2 aliphatic rings. The van der Waals surface area contributed by atoms with Gasteiger partial charge in [0.1, 0.15) is 6.10 Å². The number of amides is 2. The quantitative estimate of drug-likeness (QED) is 0.781. The summed E-state index contributed by atoms with van der Waals surface area (Å²) in [6.07, 6.45) is 1.46. The molecule has 1 saturated carbocycles.